The second-order valence-electron chi connectivity index (χ2n) is 4.77. The number of carbonyl (C=O) groups excluding carboxylic acids is 2. The van der Waals surface area contributed by atoms with E-state index in [0.29, 0.717) is 21.6 Å². The molecule has 0 saturated carbocycles. The number of benzene rings is 1. The Kier molecular flexibility index (Phi) is 5.38. The molecule has 23 heavy (non-hydrogen) atoms. The standard InChI is InChI=1S/C15H16BrN3O4/c1-9-6-13(19(2)18-9)17-14(20)8-23-12-5-4-10(7-11(12)16)15(21)22-3/h4-7H,8H2,1-3H3,(H,17,20). The van der Waals surface area contributed by atoms with Crippen molar-refractivity contribution in [2.45, 2.75) is 6.92 Å². The van der Waals surface area contributed by atoms with Crippen LogP contribution in [0.1, 0.15) is 16.1 Å². The molecule has 0 radical (unpaired) electrons. The summed E-state index contributed by atoms with van der Waals surface area (Å²) in [6, 6.07) is 6.49. The van der Waals surface area contributed by atoms with Crippen molar-refractivity contribution in [3.05, 3.63) is 40.0 Å². The summed E-state index contributed by atoms with van der Waals surface area (Å²) in [5.74, 6) is 0.295. The number of nitrogens with one attached hydrogen (secondary N) is 1. The van der Waals surface area contributed by atoms with Crippen LogP contribution in [0.3, 0.4) is 0 Å². The molecule has 122 valence electrons. The SMILES string of the molecule is COC(=O)c1ccc(OCC(=O)Nc2cc(C)nn2C)c(Br)c1. The Hall–Kier alpha value is -2.35. The van der Waals surface area contributed by atoms with E-state index in [2.05, 4.69) is 31.1 Å². The first kappa shape index (κ1) is 17.0. The van der Waals surface area contributed by atoms with E-state index in [1.54, 1.807) is 36.0 Å². The number of hydrogen-bond donors (Lipinski definition) is 1. The van der Waals surface area contributed by atoms with E-state index in [-0.39, 0.29) is 12.5 Å². The van der Waals surface area contributed by atoms with Gasteiger partial charge in [-0.05, 0) is 41.1 Å². The molecule has 1 N–H and O–H groups in total. The number of halogens is 1. The molecule has 1 amide bonds. The van der Waals surface area contributed by atoms with Crippen molar-refractivity contribution in [2.24, 2.45) is 7.05 Å². The van der Waals surface area contributed by atoms with Gasteiger partial charge >= 0.3 is 5.97 Å². The predicted molar refractivity (Wildman–Crippen MR) is 87.6 cm³/mol. The van der Waals surface area contributed by atoms with Crippen molar-refractivity contribution in [3.8, 4) is 5.75 Å². The molecule has 0 unspecified atom stereocenters. The van der Waals surface area contributed by atoms with Crippen molar-refractivity contribution in [2.75, 3.05) is 19.0 Å². The van der Waals surface area contributed by atoms with Crippen molar-refractivity contribution in [3.63, 3.8) is 0 Å². The molecular weight excluding hydrogens is 366 g/mol. The first-order valence-electron chi connectivity index (χ1n) is 6.72. The van der Waals surface area contributed by atoms with Crippen LogP contribution < -0.4 is 10.1 Å². The fourth-order valence-electron chi connectivity index (χ4n) is 1.91. The van der Waals surface area contributed by atoms with Gasteiger partial charge in [-0.2, -0.15) is 5.10 Å². The Morgan fingerprint density at radius 2 is 2.09 bits per heavy atom. The van der Waals surface area contributed by atoms with Gasteiger partial charge in [-0.25, -0.2) is 4.79 Å². The smallest absolute Gasteiger partial charge is 0.337 e. The Morgan fingerprint density at radius 3 is 2.65 bits per heavy atom. The number of aryl methyl sites for hydroxylation is 2. The summed E-state index contributed by atoms with van der Waals surface area (Å²) in [5.41, 5.74) is 1.20. The molecule has 2 aromatic rings. The quantitative estimate of drug-likeness (QED) is 0.803. The van der Waals surface area contributed by atoms with Crippen molar-refractivity contribution in [1.29, 1.82) is 0 Å². The van der Waals surface area contributed by atoms with Gasteiger partial charge in [-0.3, -0.25) is 9.48 Å². The average molecular weight is 382 g/mol. The number of methoxy groups -OCH3 is 1. The van der Waals surface area contributed by atoms with Crippen LogP contribution in [-0.2, 0) is 16.6 Å². The van der Waals surface area contributed by atoms with E-state index in [1.807, 2.05) is 6.92 Å². The highest BCUT2D eigenvalue weighted by atomic mass is 79.9. The Morgan fingerprint density at radius 1 is 1.35 bits per heavy atom. The number of carbonyl (C=O) groups is 2. The number of nitrogens with zero attached hydrogens (tertiary/aromatic N) is 2. The van der Waals surface area contributed by atoms with Gasteiger partial charge in [0.1, 0.15) is 11.6 Å². The van der Waals surface area contributed by atoms with Gasteiger partial charge in [-0.1, -0.05) is 0 Å². The van der Waals surface area contributed by atoms with Gasteiger partial charge in [0, 0.05) is 13.1 Å². The minimum Gasteiger partial charge on any atom is -0.483 e. The Balaban J connectivity index is 1.96. The maximum absolute atomic E-state index is 11.9. The maximum Gasteiger partial charge on any atom is 0.337 e. The Bertz CT molecular complexity index is 742. The summed E-state index contributed by atoms with van der Waals surface area (Å²) in [4.78, 5) is 23.3. The minimum atomic E-state index is -0.443. The van der Waals surface area contributed by atoms with E-state index in [1.165, 1.54) is 7.11 Å². The van der Waals surface area contributed by atoms with Gasteiger partial charge in [-0.15, -0.1) is 0 Å². The van der Waals surface area contributed by atoms with Gasteiger partial charge in [0.15, 0.2) is 6.61 Å². The van der Waals surface area contributed by atoms with Crippen LogP contribution >= 0.6 is 15.9 Å². The van der Waals surface area contributed by atoms with Crippen LogP contribution in [0.2, 0.25) is 0 Å². The van der Waals surface area contributed by atoms with Crippen LogP contribution in [-0.4, -0.2) is 35.4 Å². The van der Waals surface area contributed by atoms with E-state index in [9.17, 15) is 9.59 Å². The monoisotopic (exact) mass is 381 g/mol. The second-order valence-corrected chi connectivity index (χ2v) is 5.62. The minimum absolute atomic E-state index is 0.166. The lowest BCUT2D eigenvalue weighted by Crippen LogP contribution is -2.21. The van der Waals surface area contributed by atoms with Gasteiger partial charge in [0.2, 0.25) is 0 Å². The molecule has 0 saturated heterocycles. The molecule has 0 fully saturated rings. The third-order valence-corrected chi connectivity index (χ3v) is 3.60. The summed E-state index contributed by atoms with van der Waals surface area (Å²) in [6.07, 6.45) is 0. The fraction of sp³-hybridized carbons (Fsp3) is 0.267. The van der Waals surface area contributed by atoms with Gasteiger partial charge in [0.05, 0.1) is 22.8 Å². The van der Waals surface area contributed by atoms with Gasteiger partial charge in [0.25, 0.3) is 5.91 Å². The number of amides is 1. The molecule has 0 bridgehead atoms. The molecule has 0 aliphatic rings. The lowest BCUT2D eigenvalue weighted by atomic mass is 10.2. The molecule has 1 aromatic heterocycles. The summed E-state index contributed by atoms with van der Waals surface area (Å²) in [6.45, 7) is 1.67. The molecule has 0 atom stereocenters. The normalized spacial score (nSPS) is 10.3. The van der Waals surface area contributed by atoms with Crippen molar-refractivity contribution >= 4 is 33.6 Å². The molecule has 0 spiro atoms. The number of aromatic nitrogens is 2. The third-order valence-electron chi connectivity index (χ3n) is 2.98. The van der Waals surface area contributed by atoms with Gasteiger partial charge < -0.3 is 14.8 Å². The van der Waals surface area contributed by atoms with Crippen LogP contribution in [0.4, 0.5) is 5.82 Å². The first-order valence-corrected chi connectivity index (χ1v) is 7.51. The largest absolute Gasteiger partial charge is 0.483 e. The van der Waals surface area contributed by atoms with E-state index < -0.39 is 5.97 Å². The highest BCUT2D eigenvalue weighted by Crippen LogP contribution is 2.26. The molecular formula is C15H16BrN3O4. The van der Waals surface area contributed by atoms with Crippen LogP contribution in [0, 0.1) is 6.92 Å². The zero-order valence-electron chi connectivity index (χ0n) is 12.9. The van der Waals surface area contributed by atoms with Crippen molar-refractivity contribution < 1.29 is 19.1 Å². The number of rotatable bonds is 5. The summed E-state index contributed by atoms with van der Waals surface area (Å²) >= 11 is 3.30. The average Bonchev–Trinajstić information content (AvgIpc) is 2.82. The molecule has 7 nitrogen and oxygen atoms in total. The topological polar surface area (TPSA) is 82.4 Å². The van der Waals surface area contributed by atoms with E-state index in [4.69, 9.17) is 4.74 Å². The molecule has 0 aliphatic carbocycles. The number of esters is 1. The zero-order valence-corrected chi connectivity index (χ0v) is 14.5. The maximum atomic E-state index is 11.9. The number of hydrogen-bond acceptors (Lipinski definition) is 5. The third kappa shape index (κ3) is 4.32. The van der Waals surface area contributed by atoms with Crippen LogP contribution in [0.5, 0.6) is 5.75 Å². The summed E-state index contributed by atoms with van der Waals surface area (Å²) in [7, 11) is 3.05. The fourth-order valence-corrected chi connectivity index (χ4v) is 2.41. The molecule has 2 rings (SSSR count). The number of ether oxygens (including phenoxy) is 2. The Labute approximate surface area is 141 Å². The van der Waals surface area contributed by atoms with E-state index in [0.717, 1.165) is 5.69 Å². The first-order chi connectivity index (χ1) is 10.9. The number of anilines is 1. The lowest BCUT2D eigenvalue weighted by Gasteiger charge is -2.09. The van der Waals surface area contributed by atoms with Crippen LogP contribution in [0.15, 0.2) is 28.7 Å². The van der Waals surface area contributed by atoms with E-state index >= 15 is 0 Å². The van der Waals surface area contributed by atoms with Crippen LogP contribution in [0.25, 0.3) is 0 Å². The molecule has 1 aromatic carbocycles. The molecule has 1 heterocycles. The molecule has 0 aliphatic heterocycles. The molecule has 8 heteroatoms. The lowest BCUT2D eigenvalue weighted by molar-refractivity contribution is -0.118. The second kappa shape index (κ2) is 7.28. The van der Waals surface area contributed by atoms with Crippen molar-refractivity contribution in [1.82, 2.24) is 9.78 Å². The zero-order chi connectivity index (χ0) is 17.0. The highest BCUT2D eigenvalue weighted by Gasteiger charge is 2.12. The summed E-state index contributed by atoms with van der Waals surface area (Å²) < 4.78 is 12.2. The highest BCUT2D eigenvalue weighted by molar-refractivity contribution is 9.10. The predicted octanol–water partition coefficient (Wildman–Crippen LogP) is 2.30. The summed E-state index contributed by atoms with van der Waals surface area (Å²) in [5, 5.41) is 6.85.